The second kappa shape index (κ2) is 7.47. The van der Waals surface area contributed by atoms with Crippen LogP contribution in [0.2, 0.25) is 0 Å². The number of nitrogens with one attached hydrogen (secondary N) is 1. The SMILES string of the molecule is CCCCCc1ccc2c(c1)[C@H]1OCC[C@H]1C(C1CCCCC1)N2. The van der Waals surface area contributed by atoms with Crippen molar-refractivity contribution in [2.45, 2.75) is 83.3 Å². The van der Waals surface area contributed by atoms with Crippen LogP contribution in [0.5, 0.6) is 0 Å². The highest BCUT2D eigenvalue weighted by Gasteiger charge is 2.43. The summed E-state index contributed by atoms with van der Waals surface area (Å²) in [5, 5.41) is 3.95. The molecule has 3 atom stereocenters. The number of anilines is 1. The number of benzene rings is 1. The molecule has 2 heteroatoms. The third-order valence-electron chi connectivity index (χ3n) is 6.57. The summed E-state index contributed by atoms with van der Waals surface area (Å²) in [7, 11) is 0. The van der Waals surface area contributed by atoms with Crippen molar-refractivity contribution in [2.24, 2.45) is 11.8 Å². The topological polar surface area (TPSA) is 21.3 Å². The standard InChI is InChI=1S/C22H33NO/c1-2-3-5-8-16-11-12-20-19(15-16)22-18(13-14-24-22)21(23-20)17-9-6-4-7-10-17/h11-12,15,17-18,21-23H,2-10,13-14H2,1H3/t18-,21?,22-/m0/s1. The second-order valence-corrected chi connectivity index (χ2v) is 8.19. The molecule has 2 nitrogen and oxygen atoms in total. The van der Waals surface area contributed by atoms with Crippen LogP contribution in [0.15, 0.2) is 18.2 Å². The van der Waals surface area contributed by atoms with Crippen LogP contribution in [0.1, 0.15) is 81.9 Å². The number of hydrogen-bond donors (Lipinski definition) is 1. The smallest absolute Gasteiger partial charge is 0.0893 e. The largest absolute Gasteiger partial charge is 0.381 e. The van der Waals surface area contributed by atoms with Crippen LogP contribution in [0.3, 0.4) is 0 Å². The van der Waals surface area contributed by atoms with Crippen LogP contribution < -0.4 is 5.32 Å². The maximum absolute atomic E-state index is 6.25. The van der Waals surface area contributed by atoms with E-state index in [2.05, 4.69) is 30.4 Å². The summed E-state index contributed by atoms with van der Waals surface area (Å²) in [6.45, 7) is 3.22. The lowest BCUT2D eigenvalue weighted by Crippen LogP contribution is -2.42. The molecular weight excluding hydrogens is 294 g/mol. The van der Waals surface area contributed by atoms with Crippen molar-refractivity contribution in [1.29, 1.82) is 0 Å². The third-order valence-corrected chi connectivity index (χ3v) is 6.57. The first-order chi connectivity index (χ1) is 11.9. The predicted molar refractivity (Wildman–Crippen MR) is 100 cm³/mol. The lowest BCUT2D eigenvalue weighted by molar-refractivity contribution is 0.0731. The molecule has 0 bridgehead atoms. The molecular formula is C22H33NO. The van der Waals surface area contributed by atoms with Crippen molar-refractivity contribution < 1.29 is 4.74 Å². The van der Waals surface area contributed by atoms with Crippen molar-refractivity contribution in [3.8, 4) is 0 Å². The summed E-state index contributed by atoms with van der Waals surface area (Å²) in [6.07, 6.45) is 13.8. The molecule has 1 saturated carbocycles. The average molecular weight is 328 g/mol. The molecule has 24 heavy (non-hydrogen) atoms. The van der Waals surface area contributed by atoms with Crippen LogP contribution in [-0.2, 0) is 11.2 Å². The number of aryl methyl sites for hydroxylation is 1. The van der Waals surface area contributed by atoms with E-state index in [0.29, 0.717) is 18.1 Å². The molecule has 2 aliphatic heterocycles. The average Bonchev–Trinajstić information content (AvgIpc) is 3.12. The van der Waals surface area contributed by atoms with Crippen molar-refractivity contribution >= 4 is 5.69 Å². The van der Waals surface area contributed by atoms with Gasteiger partial charge in [-0.05, 0) is 49.7 Å². The van der Waals surface area contributed by atoms with Gasteiger partial charge in [0.2, 0.25) is 0 Å². The molecule has 0 amide bonds. The van der Waals surface area contributed by atoms with Crippen LogP contribution >= 0.6 is 0 Å². The highest BCUT2D eigenvalue weighted by molar-refractivity contribution is 5.57. The van der Waals surface area contributed by atoms with Gasteiger partial charge in [-0.2, -0.15) is 0 Å². The van der Waals surface area contributed by atoms with Crippen molar-refractivity contribution in [2.75, 3.05) is 11.9 Å². The molecule has 1 aromatic rings. The number of fused-ring (bicyclic) bond motifs is 3. The van der Waals surface area contributed by atoms with E-state index in [1.54, 1.807) is 0 Å². The molecule has 0 spiro atoms. The van der Waals surface area contributed by atoms with Crippen LogP contribution in [0.4, 0.5) is 5.69 Å². The van der Waals surface area contributed by atoms with Gasteiger partial charge in [0.1, 0.15) is 0 Å². The summed E-state index contributed by atoms with van der Waals surface area (Å²) >= 11 is 0. The van der Waals surface area contributed by atoms with E-state index in [1.807, 2.05) is 0 Å². The van der Waals surface area contributed by atoms with Gasteiger partial charge < -0.3 is 10.1 Å². The molecule has 1 N–H and O–H groups in total. The Hall–Kier alpha value is -1.02. The summed E-state index contributed by atoms with van der Waals surface area (Å²) < 4.78 is 6.25. The van der Waals surface area contributed by atoms with Gasteiger partial charge in [0, 0.05) is 29.8 Å². The fraction of sp³-hybridized carbons (Fsp3) is 0.727. The molecule has 1 aromatic carbocycles. The van der Waals surface area contributed by atoms with Crippen LogP contribution in [0, 0.1) is 11.8 Å². The van der Waals surface area contributed by atoms with Crippen molar-refractivity contribution in [1.82, 2.24) is 0 Å². The fourth-order valence-electron chi connectivity index (χ4n) is 5.26. The Labute approximate surface area is 147 Å². The number of hydrogen-bond acceptors (Lipinski definition) is 2. The molecule has 0 aromatic heterocycles. The van der Waals surface area contributed by atoms with E-state index in [4.69, 9.17) is 4.74 Å². The Morgan fingerprint density at radius 2 is 1.96 bits per heavy atom. The first-order valence-electron chi connectivity index (χ1n) is 10.4. The minimum absolute atomic E-state index is 0.347. The Morgan fingerprint density at radius 1 is 1.08 bits per heavy atom. The van der Waals surface area contributed by atoms with Crippen LogP contribution in [-0.4, -0.2) is 12.6 Å². The zero-order valence-corrected chi connectivity index (χ0v) is 15.2. The van der Waals surface area contributed by atoms with Crippen molar-refractivity contribution in [3.05, 3.63) is 29.3 Å². The second-order valence-electron chi connectivity index (χ2n) is 8.19. The van der Waals surface area contributed by atoms with Gasteiger partial charge in [0.25, 0.3) is 0 Å². The fourth-order valence-corrected chi connectivity index (χ4v) is 5.26. The maximum Gasteiger partial charge on any atom is 0.0893 e. The summed E-state index contributed by atoms with van der Waals surface area (Å²) in [4.78, 5) is 0. The van der Waals surface area contributed by atoms with E-state index in [9.17, 15) is 0 Å². The predicted octanol–water partition coefficient (Wildman–Crippen LogP) is 5.87. The van der Waals surface area contributed by atoms with Gasteiger partial charge in [-0.1, -0.05) is 51.2 Å². The molecule has 3 aliphatic rings. The van der Waals surface area contributed by atoms with E-state index < -0.39 is 0 Å². The van der Waals surface area contributed by atoms with E-state index in [-0.39, 0.29) is 0 Å². The van der Waals surface area contributed by atoms with Gasteiger partial charge in [-0.25, -0.2) is 0 Å². The molecule has 4 rings (SSSR count). The first kappa shape index (κ1) is 16.4. The molecule has 2 fully saturated rings. The number of unbranched alkanes of at least 4 members (excludes halogenated alkanes) is 2. The van der Waals surface area contributed by atoms with Gasteiger partial charge in [-0.3, -0.25) is 0 Å². The molecule has 1 aliphatic carbocycles. The molecule has 1 unspecified atom stereocenters. The minimum atomic E-state index is 0.347. The van der Waals surface area contributed by atoms with Gasteiger partial charge in [0.15, 0.2) is 0 Å². The molecule has 2 heterocycles. The first-order valence-corrected chi connectivity index (χ1v) is 10.4. The van der Waals surface area contributed by atoms with Gasteiger partial charge >= 0.3 is 0 Å². The summed E-state index contributed by atoms with van der Waals surface area (Å²) in [5.41, 5.74) is 4.29. The lowest BCUT2D eigenvalue weighted by atomic mass is 9.73. The quantitative estimate of drug-likeness (QED) is 0.683. The van der Waals surface area contributed by atoms with E-state index in [1.165, 1.54) is 81.0 Å². The van der Waals surface area contributed by atoms with E-state index in [0.717, 1.165) is 12.5 Å². The minimum Gasteiger partial charge on any atom is -0.381 e. The summed E-state index contributed by atoms with van der Waals surface area (Å²) in [5.74, 6) is 1.54. The third kappa shape index (κ3) is 3.22. The molecule has 132 valence electrons. The molecule has 1 saturated heterocycles. The zero-order chi connectivity index (χ0) is 16.4. The van der Waals surface area contributed by atoms with Gasteiger partial charge in [-0.15, -0.1) is 0 Å². The van der Waals surface area contributed by atoms with Gasteiger partial charge in [0.05, 0.1) is 6.10 Å². The Kier molecular flexibility index (Phi) is 5.12. The monoisotopic (exact) mass is 327 g/mol. The number of rotatable bonds is 5. The Balaban J connectivity index is 1.55. The maximum atomic E-state index is 6.25. The lowest BCUT2D eigenvalue weighted by Gasteiger charge is -2.42. The highest BCUT2D eigenvalue weighted by Crippen LogP contribution is 2.48. The van der Waals surface area contributed by atoms with Crippen LogP contribution in [0.25, 0.3) is 0 Å². The highest BCUT2D eigenvalue weighted by atomic mass is 16.5. The number of ether oxygens (including phenoxy) is 1. The molecule has 0 radical (unpaired) electrons. The summed E-state index contributed by atoms with van der Waals surface area (Å²) in [6, 6.07) is 7.76. The zero-order valence-electron chi connectivity index (χ0n) is 15.2. The van der Waals surface area contributed by atoms with Crippen molar-refractivity contribution in [3.63, 3.8) is 0 Å². The normalized spacial score (nSPS) is 29.8. The Morgan fingerprint density at radius 3 is 2.79 bits per heavy atom. The Bertz CT molecular complexity index is 549. The van der Waals surface area contributed by atoms with E-state index >= 15 is 0 Å².